The lowest BCUT2D eigenvalue weighted by molar-refractivity contribution is 0.175. The van der Waals surface area contributed by atoms with Gasteiger partial charge in [-0.05, 0) is 18.8 Å². The minimum atomic E-state index is 0.0255. The summed E-state index contributed by atoms with van der Waals surface area (Å²) in [5.74, 6) is 0.755. The van der Waals surface area contributed by atoms with Crippen molar-refractivity contribution in [2.45, 2.75) is 19.8 Å². The topological polar surface area (TPSA) is 32.3 Å². The maximum absolute atomic E-state index is 11.6. The second kappa shape index (κ2) is 5.39. The highest BCUT2D eigenvalue weighted by Crippen LogP contribution is 2.15. The van der Waals surface area contributed by atoms with Gasteiger partial charge in [-0.15, -0.1) is 0 Å². The summed E-state index contributed by atoms with van der Waals surface area (Å²) in [6, 6.07) is 0.0255. The first-order valence-corrected chi connectivity index (χ1v) is 5.75. The fourth-order valence-electron chi connectivity index (χ4n) is 1.50. The van der Waals surface area contributed by atoms with Crippen LogP contribution in [-0.4, -0.2) is 30.6 Å². The van der Waals surface area contributed by atoms with E-state index in [1.165, 1.54) is 0 Å². The van der Waals surface area contributed by atoms with E-state index < -0.39 is 0 Å². The standard InChI is InChI=1S/C10H17BrN2O/c1-8-3-5-13(6-4-8)10(14)12-7-9(2)11/h8H,2-7H2,1H3,(H,12,14). The minimum absolute atomic E-state index is 0.0255. The third-order valence-corrected chi connectivity index (χ3v) is 2.78. The molecule has 0 bridgehead atoms. The molecule has 1 fully saturated rings. The smallest absolute Gasteiger partial charge is 0.317 e. The first-order chi connectivity index (χ1) is 6.59. The van der Waals surface area contributed by atoms with E-state index >= 15 is 0 Å². The molecule has 14 heavy (non-hydrogen) atoms. The number of hydrogen-bond acceptors (Lipinski definition) is 1. The first kappa shape index (κ1) is 11.6. The van der Waals surface area contributed by atoms with Crippen molar-refractivity contribution in [2.24, 2.45) is 5.92 Å². The van der Waals surface area contributed by atoms with E-state index in [9.17, 15) is 4.79 Å². The lowest BCUT2D eigenvalue weighted by Crippen LogP contribution is -2.44. The van der Waals surface area contributed by atoms with Crippen LogP contribution in [0, 0.1) is 5.92 Å². The van der Waals surface area contributed by atoms with Crippen molar-refractivity contribution in [1.82, 2.24) is 10.2 Å². The number of nitrogens with zero attached hydrogens (tertiary/aromatic N) is 1. The Hall–Kier alpha value is -0.510. The van der Waals surface area contributed by atoms with E-state index in [0.717, 1.165) is 36.3 Å². The molecule has 3 nitrogen and oxygen atoms in total. The summed E-state index contributed by atoms with van der Waals surface area (Å²) in [7, 11) is 0. The molecule has 1 N–H and O–H groups in total. The number of nitrogens with one attached hydrogen (secondary N) is 1. The predicted octanol–water partition coefficient (Wildman–Crippen LogP) is 2.34. The quantitative estimate of drug-likeness (QED) is 0.813. The van der Waals surface area contributed by atoms with Gasteiger partial charge in [-0.3, -0.25) is 0 Å². The Morgan fingerprint density at radius 1 is 1.57 bits per heavy atom. The zero-order chi connectivity index (χ0) is 10.6. The second-order valence-corrected chi connectivity index (χ2v) is 4.97. The van der Waals surface area contributed by atoms with Crippen molar-refractivity contribution in [3.05, 3.63) is 11.1 Å². The molecule has 1 aliphatic rings. The van der Waals surface area contributed by atoms with Crippen LogP contribution in [0.5, 0.6) is 0 Å². The van der Waals surface area contributed by atoms with E-state index in [-0.39, 0.29) is 6.03 Å². The molecule has 1 rings (SSSR count). The van der Waals surface area contributed by atoms with Crippen LogP contribution in [0.15, 0.2) is 11.1 Å². The Labute approximate surface area is 93.7 Å². The molecule has 0 radical (unpaired) electrons. The molecule has 0 saturated carbocycles. The molecule has 1 heterocycles. The van der Waals surface area contributed by atoms with Gasteiger partial charge in [-0.1, -0.05) is 29.4 Å². The van der Waals surface area contributed by atoms with Crippen LogP contribution >= 0.6 is 15.9 Å². The Kier molecular flexibility index (Phi) is 4.45. The highest BCUT2D eigenvalue weighted by atomic mass is 79.9. The minimum Gasteiger partial charge on any atom is -0.333 e. The number of rotatable bonds is 2. The van der Waals surface area contributed by atoms with Gasteiger partial charge in [-0.25, -0.2) is 4.79 Å². The van der Waals surface area contributed by atoms with Crippen LogP contribution in [0.1, 0.15) is 19.8 Å². The number of carbonyl (C=O) groups is 1. The normalized spacial score (nSPS) is 18.0. The van der Waals surface area contributed by atoms with Gasteiger partial charge in [0.1, 0.15) is 0 Å². The number of piperidine rings is 1. The first-order valence-electron chi connectivity index (χ1n) is 4.95. The average molecular weight is 261 g/mol. The molecule has 0 aromatic rings. The Bertz CT molecular complexity index is 222. The molecule has 1 aliphatic heterocycles. The molecule has 2 amide bonds. The summed E-state index contributed by atoms with van der Waals surface area (Å²) in [6.07, 6.45) is 2.23. The Morgan fingerprint density at radius 2 is 2.14 bits per heavy atom. The van der Waals surface area contributed by atoms with E-state index in [2.05, 4.69) is 34.7 Å². The Balaban J connectivity index is 2.27. The third kappa shape index (κ3) is 3.70. The van der Waals surface area contributed by atoms with Crippen LogP contribution in [0.4, 0.5) is 4.79 Å². The molecule has 80 valence electrons. The summed E-state index contributed by atoms with van der Waals surface area (Å²) < 4.78 is 0.802. The summed E-state index contributed by atoms with van der Waals surface area (Å²) >= 11 is 3.21. The average Bonchev–Trinajstić information content (AvgIpc) is 2.15. The number of likely N-dealkylation sites (tertiary alicyclic amines) is 1. The lowest BCUT2D eigenvalue weighted by Gasteiger charge is -2.30. The van der Waals surface area contributed by atoms with Crippen LogP contribution < -0.4 is 5.32 Å². The van der Waals surface area contributed by atoms with Crippen molar-refractivity contribution in [3.8, 4) is 0 Å². The second-order valence-electron chi connectivity index (χ2n) is 3.85. The van der Waals surface area contributed by atoms with E-state index in [0.29, 0.717) is 6.54 Å². The van der Waals surface area contributed by atoms with Gasteiger partial charge in [0.2, 0.25) is 0 Å². The highest BCUT2D eigenvalue weighted by molar-refractivity contribution is 9.11. The number of halogens is 1. The van der Waals surface area contributed by atoms with Crippen molar-refractivity contribution < 1.29 is 4.79 Å². The molecular formula is C10H17BrN2O. The van der Waals surface area contributed by atoms with Gasteiger partial charge < -0.3 is 10.2 Å². The zero-order valence-corrected chi connectivity index (χ0v) is 10.1. The van der Waals surface area contributed by atoms with Gasteiger partial charge in [0.05, 0.1) is 6.54 Å². The third-order valence-electron chi connectivity index (χ3n) is 2.50. The van der Waals surface area contributed by atoms with E-state index in [4.69, 9.17) is 0 Å². The maximum Gasteiger partial charge on any atom is 0.317 e. The van der Waals surface area contributed by atoms with E-state index in [1.807, 2.05) is 4.90 Å². The molecule has 0 aromatic carbocycles. The van der Waals surface area contributed by atoms with Crippen molar-refractivity contribution in [1.29, 1.82) is 0 Å². The fraction of sp³-hybridized carbons (Fsp3) is 0.700. The molecule has 1 saturated heterocycles. The zero-order valence-electron chi connectivity index (χ0n) is 8.55. The monoisotopic (exact) mass is 260 g/mol. The van der Waals surface area contributed by atoms with E-state index in [1.54, 1.807) is 0 Å². The number of amides is 2. The van der Waals surface area contributed by atoms with Crippen molar-refractivity contribution in [2.75, 3.05) is 19.6 Å². The van der Waals surface area contributed by atoms with Crippen LogP contribution in [0.3, 0.4) is 0 Å². The lowest BCUT2D eigenvalue weighted by atomic mass is 10.00. The van der Waals surface area contributed by atoms with Crippen molar-refractivity contribution in [3.63, 3.8) is 0 Å². The molecule has 0 aromatic heterocycles. The molecule has 0 spiro atoms. The highest BCUT2D eigenvalue weighted by Gasteiger charge is 2.19. The van der Waals surface area contributed by atoms with Crippen LogP contribution in [-0.2, 0) is 0 Å². The fourth-order valence-corrected chi connectivity index (χ4v) is 1.64. The van der Waals surface area contributed by atoms with Gasteiger partial charge in [0.15, 0.2) is 0 Å². The van der Waals surface area contributed by atoms with Gasteiger partial charge in [0.25, 0.3) is 0 Å². The van der Waals surface area contributed by atoms with Gasteiger partial charge in [-0.2, -0.15) is 0 Å². The maximum atomic E-state index is 11.6. The Morgan fingerprint density at radius 3 is 2.64 bits per heavy atom. The molecule has 0 atom stereocenters. The van der Waals surface area contributed by atoms with Crippen LogP contribution in [0.2, 0.25) is 0 Å². The van der Waals surface area contributed by atoms with Gasteiger partial charge >= 0.3 is 6.03 Å². The summed E-state index contributed by atoms with van der Waals surface area (Å²) in [5.41, 5.74) is 0. The number of carbonyl (C=O) groups excluding carboxylic acids is 1. The summed E-state index contributed by atoms with van der Waals surface area (Å²) in [5, 5.41) is 2.81. The summed E-state index contributed by atoms with van der Waals surface area (Å²) in [4.78, 5) is 13.4. The number of hydrogen-bond donors (Lipinski definition) is 1. The van der Waals surface area contributed by atoms with Gasteiger partial charge in [0, 0.05) is 17.6 Å². The molecule has 0 unspecified atom stereocenters. The molecule has 0 aliphatic carbocycles. The predicted molar refractivity (Wildman–Crippen MR) is 61.4 cm³/mol. The SMILES string of the molecule is C=C(Br)CNC(=O)N1CCC(C)CC1. The molecular weight excluding hydrogens is 244 g/mol. The van der Waals surface area contributed by atoms with Crippen molar-refractivity contribution >= 4 is 22.0 Å². The van der Waals surface area contributed by atoms with Crippen LogP contribution in [0.25, 0.3) is 0 Å². The summed E-state index contributed by atoms with van der Waals surface area (Å²) in [6.45, 7) is 8.16. The molecule has 4 heteroatoms. The largest absolute Gasteiger partial charge is 0.333 e. The number of urea groups is 1.